The van der Waals surface area contributed by atoms with E-state index < -0.39 is 6.04 Å². The monoisotopic (exact) mass is 440 g/mol. The molecule has 0 aliphatic carbocycles. The van der Waals surface area contributed by atoms with Crippen molar-refractivity contribution in [2.75, 3.05) is 24.9 Å². The first-order chi connectivity index (χ1) is 14.9. The molecule has 0 saturated carbocycles. The van der Waals surface area contributed by atoms with Crippen LogP contribution in [0.4, 0.5) is 11.5 Å². The zero-order valence-corrected chi connectivity index (χ0v) is 18.0. The molecule has 2 aromatic carbocycles. The molecule has 160 valence electrons. The number of methoxy groups -OCH3 is 2. The maximum atomic E-state index is 13.2. The first-order valence-corrected chi connectivity index (χ1v) is 9.97. The van der Waals surface area contributed by atoms with Crippen LogP contribution in [0.1, 0.15) is 18.0 Å². The van der Waals surface area contributed by atoms with Crippen molar-refractivity contribution in [3.05, 3.63) is 53.1 Å². The zero-order valence-electron chi connectivity index (χ0n) is 17.2. The fourth-order valence-corrected chi connectivity index (χ4v) is 3.68. The second kappa shape index (κ2) is 8.31. The van der Waals surface area contributed by atoms with Crippen molar-refractivity contribution in [1.82, 2.24) is 9.78 Å². The average Bonchev–Trinajstić information content (AvgIpc) is 3.10. The van der Waals surface area contributed by atoms with Gasteiger partial charge in [-0.2, -0.15) is 5.10 Å². The highest BCUT2D eigenvalue weighted by atomic mass is 35.5. The lowest BCUT2D eigenvalue weighted by atomic mass is 10.1. The van der Waals surface area contributed by atoms with Gasteiger partial charge in [0.05, 0.1) is 32.0 Å². The Morgan fingerprint density at radius 3 is 2.61 bits per heavy atom. The van der Waals surface area contributed by atoms with Gasteiger partial charge in [0.1, 0.15) is 23.4 Å². The van der Waals surface area contributed by atoms with Crippen LogP contribution in [-0.2, 0) is 9.59 Å². The van der Waals surface area contributed by atoms with E-state index in [1.54, 1.807) is 35.0 Å². The van der Waals surface area contributed by atoms with E-state index in [9.17, 15) is 9.59 Å². The molecular weight excluding hydrogens is 420 g/mol. The SMILES string of the molecule is COc1ccc(OC)c(NC(=O)C2CC(=O)Nc3c(C)c(-c4ccc(Cl)cc4)nn32)c1. The Hall–Kier alpha value is -3.52. The van der Waals surface area contributed by atoms with E-state index in [0.29, 0.717) is 33.7 Å². The fourth-order valence-electron chi connectivity index (χ4n) is 3.55. The summed E-state index contributed by atoms with van der Waals surface area (Å²) in [5, 5.41) is 10.9. The van der Waals surface area contributed by atoms with Crippen LogP contribution in [0.2, 0.25) is 5.02 Å². The van der Waals surface area contributed by atoms with Gasteiger partial charge < -0.3 is 20.1 Å². The summed E-state index contributed by atoms with van der Waals surface area (Å²) in [6.45, 7) is 1.86. The average molecular weight is 441 g/mol. The Morgan fingerprint density at radius 1 is 1.19 bits per heavy atom. The minimum Gasteiger partial charge on any atom is -0.497 e. The molecule has 0 spiro atoms. The van der Waals surface area contributed by atoms with Crippen molar-refractivity contribution in [3.8, 4) is 22.8 Å². The summed E-state index contributed by atoms with van der Waals surface area (Å²) < 4.78 is 12.1. The number of ether oxygens (including phenoxy) is 2. The molecule has 2 heterocycles. The highest BCUT2D eigenvalue weighted by Crippen LogP contribution is 2.36. The predicted molar refractivity (Wildman–Crippen MR) is 118 cm³/mol. The summed E-state index contributed by atoms with van der Waals surface area (Å²) in [6.07, 6.45) is -0.0354. The van der Waals surface area contributed by atoms with Crippen LogP contribution in [0.5, 0.6) is 11.5 Å². The lowest BCUT2D eigenvalue weighted by molar-refractivity contribution is -0.125. The summed E-state index contributed by atoms with van der Waals surface area (Å²) in [5.74, 6) is 0.911. The fraction of sp³-hybridized carbons (Fsp3) is 0.227. The first kappa shape index (κ1) is 20.7. The van der Waals surface area contributed by atoms with Gasteiger partial charge >= 0.3 is 0 Å². The van der Waals surface area contributed by atoms with Gasteiger partial charge in [0, 0.05) is 22.2 Å². The Kier molecular flexibility index (Phi) is 5.56. The van der Waals surface area contributed by atoms with Crippen molar-refractivity contribution in [1.29, 1.82) is 0 Å². The molecule has 0 fully saturated rings. The Bertz CT molecular complexity index is 1160. The molecule has 1 aromatic heterocycles. The quantitative estimate of drug-likeness (QED) is 0.624. The largest absolute Gasteiger partial charge is 0.497 e. The molecule has 1 aliphatic heterocycles. The number of amides is 2. The van der Waals surface area contributed by atoms with Gasteiger partial charge in [-0.05, 0) is 31.2 Å². The number of carbonyl (C=O) groups is 2. The van der Waals surface area contributed by atoms with Crippen molar-refractivity contribution in [3.63, 3.8) is 0 Å². The zero-order chi connectivity index (χ0) is 22.1. The number of rotatable bonds is 5. The summed E-state index contributed by atoms with van der Waals surface area (Å²) >= 11 is 5.99. The molecule has 31 heavy (non-hydrogen) atoms. The number of halogens is 1. The second-order valence-corrected chi connectivity index (χ2v) is 7.53. The Balaban J connectivity index is 1.70. The highest BCUT2D eigenvalue weighted by Gasteiger charge is 2.34. The number of nitrogens with one attached hydrogen (secondary N) is 2. The van der Waals surface area contributed by atoms with E-state index in [2.05, 4.69) is 15.7 Å². The van der Waals surface area contributed by atoms with Gasteiger partial charge in [0.15, 0.2) is 0 Å². The van der Waals surface area contributed by atoms with E-state index in [1.165, 1.54) is 14.2 Å². The van der Waals surface area contributed by atoms with E-state index in [4.69, 9.17) is 21.1 Å². The minimum absolute atomic E-state index is 0.0354. The molecule has 9 heteroatoms. The maximum absolute atomic E-state index is 13.2. The summed E-state index contributed by atoms with van der Waals surface area (Å²) in [4.78, 5) is 25.5. The lowest BCUT2D eigenvalue weighted by Gasteiger charge is -2.24. The minimum atomic E-state index is -0.820. The Labute approximate surface area is 184 Å². The van der Waals surface area contributed by atoms with Crippen LogP contribution in [0.3, 0.4) is 0 Å². The molecule has 0 radical (unpaired) electrons. The third-order valence-corrected chi connectivity index (χ3v) is 5.42. The number of aromatic nitrogens is 2. The van der Waals surface area contributed by atoms with E-state index in [1.807, 2.05) is 19.1 Å². The highest BCUT2D eigenvalue weighted by molar-refractivity contribution is 6.30. The van der Waals surface area contributed by atoms with Crippen molar-refractivity contribution >= 4 is 34.9 Å². The summed E-state index contributed by atoms with van der Waals surface area (Å²) in [5.41, 5.74) is 2.73. The van der Waals surface area contributed by atoms with Gasteiger partial charge in [-0.15, -0.1) is 0 Å². The number of fused-ring (bicyclic) bond motifs is 1. The van der Waals surface area contributed by atoms with Gasteiger partial charge in [-0.1, -0.05) is 23.7 Å². The molecule has 4 rings (SSSR count). The van der Waals surface area contributed by atoms with Crippen LogP contribution in [0, 0.1) is 6.92 Å². The molecule has 0 bridgehead atoms. The van der Waals surface area contributed by atoms with Gasteiger partial charge in [0.2, 0.25) is 11.8 Å². The smallest absolute Gasteiger partial charge is 0.249 e. The topological polar surface area (TPSA) is 94.5 Å². The van der Waals surface area contributed by atoms with Gasteiger partial charge in [0.25, 0.3) is 0 Å². The van der Waals surface area contributed by atoms with Crippen LogP contribution < -0.4 is 20.1 Å². The molecule has 1 atom stereocenters. The van der Waals surface area contributed by atoms with Crippen molar-refractivity contribution < 1.29 is 19.1 Å². The molecule has 3 aromatic rings. The van der Waals surface area contributed by atoms with Crippen LogP contribution in [0.25, 0.3) is 11.3 Å². The number of hydrogen-bond donors (Lipinski definition) is 2. The number of nitrogens with zero attached hydrogens (tertiary/aromatic N) is 2. The molecule has 0 saturated heterocycles. The molecule has 8 nitrogen and oxygen atoms in total. The van der Waals surface area contributed by atoms with E-state index >= 15 is 0 Å². The standard InChI is InChI=1S/C22H21ClN4O4/c1-12-20(13-4-6-14(23)7-5-13)26-27-17(11-19(28)25-21(12)27)22(29)24-16-10-15(30-2)8-9-18(16)31-3/h4-10,17H,11H2,1-3H3,(H,24,29)(H,25,28). The summed E-state index contributed by atoms with van der Waals surface area (Å²) in [6, 6.07) is 11.5. The normalized spacial score (nSPS) is 15.1. The van der Waals surface area contributed by atoms with E-state index in [-0.39, 0.29) is 18.2 Å². The van der Waals surface area contributed by atoms with Crippen molar-refractivity contribution in [2.24, 2.45) is 0 Å². The number of carbonyl (C=O) groups excluding carboxylic acids is 2. The third kappa shape index (κ3) is 3.94. The predicted octanol–water partition coefficient (Wildman–Crippen LogP) is 4.05. The number of hydrogen-bond acceptors (Lipinski definition) is 5. The molecule has 2 amide bonds. The molecular formula is C22H21ClN4O4. The van der Waals surface area contributed by atoms with Gasteiger partial charge in [-0.25, -0.2) is 4.68 Å². The number of anilines is 2. The molecule has 1 aliphatic rings. The third-order valence-electron chi connectivity index (χ3n) is 5.16. The van der Waals surface area contributed by atoms with Crippen LogP contribution in [-0.4, -0.2) is 35.8 Å². The molecule has 2 N–H and O–H groups in total. The molecule has 1 unspecified atom stereocenters. The van der Waals surface area contributed by atoms with Crippen molar-refractivity contribution in [2.45, 2.75) is 19.4 Å². The van der Waals surface area contributed by atoms with Crippen LogP contribution >= 0.6 is 11.6 Å². The van der Waals surface area contributed by atoms with Gasteiger partial charge in [-0.3, -0.25) is 9.59 Å². The Morgan fingerprint density at radius 2 is 1.94 bits per heavy atom. The van der Waals surface area contributed by atoms with Crippen LogP contribution in [0.15, 0.2) is 42.5 Å². The first-order valence-electron chi connectivity index (χ1n) is 9.59. The lowest BCUT2D eigenvalue weighted by Crippen LogP contribution is -2.36. The number of benzene rings is 2. The summed E-state index contributed by atoms with van der Waals surface area (Å²) in [7, 11) is 3.05. The second-order valence-electron chi connectivity index (χ2n) is 7.10. The van der Waals surface area contributed by atoms with E-state index in [0.717, 1.165) is 11.1 Å². The maximum Gasteiger partial charge on any atom is 0.249 e.